The van der Waals surface area contributed by atoms with E-state index in [-0.39, 0.29) is 5.91 Å². The first-order chi connectivity index (χ1) is 14.3. The minimum atomic E-state index is 0.203. The smallest absolute Gasteiger partial charge is 0.254 e. The number of carbonyl (C=O) groups is 1. The monoisotopic (exact) mass is 387 g/mol. The van der Waals surface area contributed by atoms with E-state index < -0.39 is 0 Å². The largest absolute Gasteiger partial charge is 0.361 e. The van der Waals surface area contributed by atoms with E-state index in [4.69, 9.17) is 0 Å². The third-order valence-corrected chi connectivity index (χ3v) is 6.77. The topological polar surface area (TPSA) is 39.3 Å². The van der Waals surface area contributed by atoms with Crippen molar-refractivity contribution < 1.29 is 4.79 Å². The highest BCUT2D eigenvalue weighted by Gasteiger charge is 2.38. The van der Waals surface area contributed by atoms with Crippen molar-refractivity contribution in [1.82, 2.24) is 14.8 Å². The second-order valence-corrected chi connectivity index (χ2v) is 8.57. The summed E-state index contributed by atoms with van der Waals surface area (Å²) >= 11 is 0. The van der Waals surface area contributed by atoms with Crippen molar-refractivity contribution in [3.8, 4) is 0 Å². The standard InChI is InChI=1S/C25H29N3O/c29-25(21-9-8-20-10-13-26-23(20)17-21)28-14-4-7-22-18-27(16-12-24(22)28)15-11-19-5-2-1-3-6-19/h1-3,5-6,8-10,13,17,22,24,26H,4,7,11-12,14-16,18H2/t22-,24+/m1/s1. The van der Waals surface area contributed by atoms with Crippen LogP contribution in [0.1, 0.15) is 35.2 Å². The average molecular weight is 388 g/mol. The zero-order chi connectivity index (χ0) is 19.6. The maximum atomic E-state index is 13.3. The predicted molar refractivity (Wildman–Crippen MR) is 117 cm³/mol. The number of piperidine rings is 2. The molecule has 0 unspecified atom stereocenters. The van der Waals surface area contributed by atoms with E-state index in [0.717, 1.165) is 61.9 Å². The van der Waals surface area contributed by atoms with Gasteiger partial charge in [-0.05, 0) is 60.7 Å². The number of aromatic amines is 1. The molecule has 1 N–H and O–H groups in total. The maximum Gasteiger partial charge on any atom is 0.254 e. The van der Waals surface area contributed by atoms with Crippen LogP contribution in [0.25, 0.3) is 10.9 Å². The van der Waals surface area contributed by atoms with Gasteiger partial charge in [0, 0.05) is 49.5 Å². The summed E-state index contributed by atoms with van der Waals surface area (Å²) in [7, 11) is 0. The highest BCUT2D eigenvalue weighted by molar-refractivity contribution is 5.98. The Bertz CT molecular complexity index is 980. The summed E-state index contributed by atoms with van der Waals surface area (Å²) in [6, 6.07) is 19.2. The van der Waals surface area contributed by atoms with Gasteiger partial charge in [0.05, 0.1) is 0 Å². The van der Waals surface area contributed by atoms with Gasteiger partial charge in [0.15, 0.2) is 0 Å². The molecule has 2 fully saturated rings. The Balaban J connectivity index is 1.25. The van der Waals surface area contributed by atoms with Crippen molar-refractivity contribution in [1.29, 1.82) is 0 Å². The summed E-state index contributed by atoms with van der Waals surface area (Å²) in [5.74, 6) is 0.806. The molecular formula is C25H29N3O. The molecule has 2 aliphatic rings. The molecule has 0 saturated carbocycles. The summed E-state index contributed by atoms with van der Waals surface area (Å²) in [6.07, 6.45) is 6.49. The van der Waals surface area contributed by atoms with E-state index in [1.54, 1.807) is 0 Å². The highest BCUT2D eigenvalue weighted by atomic mass is 16.2. The number of nitrogens with zero attached hydrogens (tertiary/aromatic N) is 2. The van der Waals surface area contributed by atoms with Crippen LogP contribution in [0, 0.1) is 5.92 Å². The van der Waals surface area contributed by atoms with Crippen LogP contribution in [-0.2, 0) is 6.42 Å². The number of rotatable bonds is 4. The molecule has 4 nitrogen and oxygen atoms in total. The fourth-order valence-electron chi connectivity index (χ4n) is 5.21. The van der Waals surface area contributed by atoms with Crippen molar-refractivity contribution in [2.24, 2.45) is 5.92 Å². The number of amides is 1. The van der Waals surface area contributed by atoms with Crippen LogP contribution in [-0.4, -0.2) is 52.9 Å². The molecule has 0 aliphatic carbocycles. The van der Waals surface area contributed by atoms with Gasteiger partial charge in [0.1, 0.15) is 0 Å². The first-order valence-corrected chi connectivity index (χ1v) is 10.9. The summed E-state index contributed by atoms with van der Waals surface area (Å²) in [5, 5.41) is 1.16. The van der Waals surface area contributed by atoms with Crippen molar-refractivity contribution in [3.05, 3.63) is 71.9 Å². The van der Waals surface area contributed by atoms with Gasteiger partial charge < -0.3 is 14.8 Å². The number of likely N-dealkylation sites (tertiary alicyclic amines) is 2. The molecule has 1 aromatic heterocycles. The molecule has 3 heterocycles. The lowest BCUT2D eigenvalue weighted by Crippen LogP contribution is -2.55. The van der Waals surface area contributed by atoms with Gasteiger partial charge in [-0.3, -0.25) is 4.79 Å². The van der Waals surface area contributed by atoms with Gasteiger partial charge in [-0.2, -0.15) is 0 Å². The predicted octanol–water partition coefficient (Wildman–Crippen LogP) is 4.34. The van der Waals surface area contributed by atoms with Crippen molar-refractivity contribution in [3.63, 3.8) is 0 Å². The number of fused-ring (bicyclic) bond motifs is 2. The molecule has 0 radical (unpaired) electrons. The van der Waals surface area contributed by atoms with E-state index in [1.165, 1.54) is 12.0 Å². The average Bonchev–Trinajstić information content (AvgIpc) is 3.25. The van der Waals surface area contributed by atoms with Crippen molar-refractivity contribution >= 4 is 16.8 Å². The van der Waals surface area contributed by atoms with Gasteiger partial charge >= 0.3 is 0 Å². The number of benzene rings is 2. The zero-order valence-corrected chi connectivity index (χ0v) is 16.9. The summed E-state index contributed by atoms with van der Waals surface area (Å²) in [6.45, 7) is 4.22. The molecule has 150 valence electrons. The zero-order valence-electron chi connectivity index (χ0n) is 16.9. The number of H-pyrrole nitrogens is 1. The van der Waals surface area contributed by atoms with Crippen LogP contribution in [0.5, 0.6) is 0 Å². The number of hydrogen-bond donors (Lipinski definition) is 1. The Morgan fingerprint density at radius 2 is 1.93 bits per heavy atom. The Hall–Kier alpha value is -2.59. The quantitative estimate of drug-likeness (QED) is 0.723. The molecular weight excluding hydrogens is 358 g/mol. The van der Waals surface area contributed by atoms with Crippen LogP contribution in [0.15, 0.2) is 60.8 Å². The van der Waals surface area contributed by atoms with Crippen molar-refractivity contribution in [2.75, 3.05) is 26.2 Å². The maximum absolute atomic E-state index is 13.3. The second-order valence-electron chi connectivity index (χ2n) is 8.57. The normalized spacial score (nSPS) is 22.6. The van der Waals surface area contributed by atoms with Crippen LogP contribution in [0.4, 0.5) is 0 Å². The van der Waals surface area contributed by atoms with Crippen LogP contribution >= 0.6 is 0 Å². The first kappa shape index (κ1) is 18.4. The molecule has 2 aliphatic heterocycles. The van der Waals surface area contributed by atoms with Crippen LogP contribution in [0.2, 0.25) is 0 Å². The molecule has 1 amide bonds. The molecule has 2 saturated heterocycles. The molecule has 0 bridgehead atoms. The van der Waals surface area contributed by atoms with E-state index in [9.17, 15) is 4.79 Å². The second kappa shape index (κ2) is 8.03. The van der Waals surface area contributed by atoms with Gasteiger partial charge in [0.2, 0.25) is 0 Å². The molecule has 5 rings (SSSR count). The van der Waals surface area contributed by atoms with Gasteiger partial charge in [-0.15, -0.1) is 0 Å². The number of aromatic nitrogens is 1. The first-order valence-electron chi connectivity index (χ1n) is 10.9. The fourth-order valence-corrected chi connectivity index (χ4v) is 5.21. The van der Waals surface area contributed by atoms with Gasteiger partial charge in [0.25, 0.3) is 5.91 Å². The number of hydrogen-bond acceptors (Lipinski definition) is 2. The number of nitrogens with one attached hydrogen (secondary N) is 1. The Morgan fingerprint density at radius 1 is 1.03 bits per heavy atom. The van der Waals surface area contributed by atoms with E-state index in [0.29, 0.717) is 12.0 Å². The molecule has 3 aromatic rings. The van der Waals surface area contributed by atoms with Crippen LogP contribution < -0.4 is 0 Å². The summed E-state index contributed by atoms with van der Waals surface area (Å²) in [4.78, 5) is 21.3. The number of carbonyl (C=O) groups excluding carboxylic acids is 1. The Kier molecular flexibility index (Phi) is 5.11. The lowest BCUT2D eigenvalue weighted by Gasteiger charge is -2.47. The Labute approximate surface area is 172 Å². The lowest BCUT2D eigenvalue weighted by molar-refractivity contribution is 0.0205. The minimum absolute atomic E-state index is 0.203. The lowest BCUT2D eigenvalue weighted by atomic mass is 9.83. The third-order valence-electron chi connectivity index (χ3n) is 6.77. The molecule has 2 aromatic carbocycles. The van der Waals surface area contributed by atoms with Crippen molar-refractivity contribution in [2.45, 2.75) is 31.7 Å². The van der Waals surface area contributed by atoms with Gasteiger partial charge in [-0.1, -0.05) is 36.4 Å². The minimum Gasteiger partial charge on any atom is -0.361 e. The summed E-state index contributed by atoms with van der Waals surface area (Å²) in [5.41, 5.74) is 3.27. The fraction of sp³-hybridized carbons (Fsp3) is 0.400. The molecule has 4 heteroatoms. The van der Waals surface area contributed by atoms with E-state index in [1.807, 2.05) is 30.5 Å². The van der Waals surface area contributed by atoms with E-state index >= 15 is 0 Å². The highest BCUT2D eigenvalue weighted by Crippen LogP contribution is 2.32. The van der Waals surface area contributed by atoms with Gasteiger partial charge in [-0.25, -0.2) is 0 Å². The summed E-state index contributed by atoms with van der Waals surface area (Å²) < 4.78 is 0. The molecule has 2 atom stereocenters. The third kappa shape index (κ3) is 3.82. The Morgan fingerprint density at radius 3 is 2.83 bits per heavy atom. The van der Waals surface area contributed by atoms with Crippen LogP contribution in [0.3, 0.4) is 0 Å². The van der Waals surface area contributed by atoms with E-state index in [2.05, 4.69) is 45.1 Å². The SMILES string of the molecule is O=C(c1ccc2cc[nH]c2c1)N1CCC[C@@H]2CN(CCc3ccccc3)CC[C@@H]21. The molecule has 29 heavy (non-hydrogen) atoms. The molecule has 0 spiro atoms.